The van der Waals surface area contributed by atoms with Crippen LogP contribution in [0.25, 0.3) is 16.6 Å². The van der Waals surface area contributed by atoms with Crippen molar-refractivity contribution in [3.63, 3.8) is 0 Å². The van der Waals surface area contributed by atoms with Gasteiger partial charge in [-0.3, -0.25) is 19.9 Å². The summed E-state index contributed by atoms with van der Waals surface area (Å²) >= 11 is 0. The fourth-order valence-electron chi connectivity index (χ4n) is 2.91. The summed E-state index contributed by atoms with van der Waals surface area (Å²) in [4.78, 5) is 32.9. The second-order valence-electron chi connectivity index (χ2n) is 6.59. The van der Waals surface area contributed by atoms with E-state index in [2.05, 4.69) is 20.4 Å². The molecule has 0 unspecified atom stereocenters. The van der Waals surface area contributed by atoms with Gasteiger partial charge in [0, 0.05) is 29.6 Å². The minimum absolute atomic E-state index is 0.0362. The highest BCUT2D eigenvalue weighted by Gasteiger charge is 2.19. The normalized spacial score (nSPS) is 11.4. The predicted molar refractivity (Wildman–Crippen MR) is 108 cm³/mol. The number of sulfone groups is 1. The minimum Gasteiger partial charge on any atom is -0.288 e. The molecule has 0 bridgehead atoms. The highest BCUT2D eigenvalue weighted by Crippen LogP contribution is 2.21. The van der Waals surface area contributed by atoms with Crippen LogP contribution in [0.5, 0.6) is 0 Å². The molecule has 2 amide bonds. The summed E-state index contributed by atoms with van der Waals surface area (Å²) in [6.45, 7) is 0. The Bertz CT molecular complexity index is 1430. The SMILES string of the molecule is CS(=O)(=O)c1cc(C(=O)NC(=O)c2cncc3c2cnn3-c2ccc(F)cc2)ccn1. The van der Waals surface area contributed by atoms with E-state index in [-0.39, 0.29) is 16.2 Å². The molecule has 4 aromatic rings. The first-order chi connectivity index (χ1) is 14.7. The van der Waals surface area contributed by atoms with E-state index in [1.807, 2.05) is 0 Å². The lowest BCUT2D eigenvalue weighted by molar-refractivity contribution is 0.0850. The molecule has 0 aliphatic heterocycles. The molecule has 0 atom stereocenters. The number of fused-ring (bicyclic) bond motifs is 1. The van der Waals surface area contributed by atoms with Gasteiger partial charge >= 0.3 is 0 Å². The first-order valence-corrected chi connectivity index (χ1v) is 10.7. The van der Waals surface area contributed by atoms with E-state index in [1.165, 1.54) is 59.8 Å². The molecule has 31 heavy (non-hydrogen) atoms. The Hall–Kier alpha value is -3.99. The average molecular weight is 439 g/mol. The number of nitrogens with one attached hydrogen (secondary N) is 1. The van der Waals surface area contributed by atoms with Crippen LogP contribution >= 0.6 is 0 Å². The molecule has 3 aromatic heterocycles. The van der Waals surface area contributed by atoms with Crippen molar-refractivity contribution in [2.75, 3.05) is 6.26 Å². The molecule has 0 aliphatic rings. The fourth-order valence-corrected chi connectivity index (χ4v) is 3.50. The standard InChI is InChI=1S/C20H14FN5O4S/c1-31(29,30)18-8-12(6-7-23-18)19(27)25-20(28)16-9-22-11-17-15(16)10-24-26(17)14-4-2-13(21)3-5-14/h2-11H,1H3,(H,25,27,28). The quantitative estimate of drug-likeness (QED) is 0.482. The summed E-state index contributed by atoms with van der Waals surface area (Å²) in [5.74, 6) is -1.92. The zero-order chi connectivity index (χ0) is 22.2. The van der Waals surface area contributed by atoms with Crippen LogP contribution in [-0.2, 0) is 9.84 Å². The van der Waals surface area contributed by atoms with Gasteiger partial charge in [0.2, 0.25) is 0 Å². The molecule has 0 radical (unpaired) electrons. The van der Waals surface area contributed by atoms with Crippen LogP contribution in [0.2, 0.25) is 0 Å². The number of imide groups is 1. The van der Waals surface area contributed by atoms with Crippen LogP contribution in [0, 0.1) is 5.82 Å². The number of nitrogens with zero attached hydrogens (tertiary/aromatic N) is 4. The van der Waals surface area contributed by atoms with E-state index in [0.29, 0.717) is 16.6 Å². The zero-order valence-electron chi connectivity index (χ0n) is 16.0. The number of benzene rings is 1. The highest BCUT2D eigenvalue weighted by molar-refractivity contribution is 7.90. The molecule has 11 heteroatoms. The lowest BCUT2D eigenvalue weighted by Gasteiger charge is -2.07. The van der Waals surface area contributed by atoms with E-state index in [4.69, 9.17) is 0 Å². The van der Waals surface area contributed by atoms with Crippen molar-refractivity contribution < 1.29 is 22.4 Å². The molecule has 156 valence electrons. The van der Waals surface area contributed by atoms with Crippen LogP contribution in [0.3, 0.4) is 0 Å². The third-order valence-electron chi connectivity index (χ3n) is 4.42. The Morgan fingerprint density at radius 3 is 2.48 bits per heavy atom. The Labute approximate surface area is 175 Å². The smallest absolute Gasteiger partial charge is 0.260 e. The average Bonchev–Trinajstić information content (AvgIpc) is 3.18. The number of halogens is 1. The van der Waals surface area contributed by atoms with Crippen LogP contribution in [0.1, 0.15) is 20.7 Å². The van der Waals surface area contributed by atoms with E-state index >= 15 is 0 Å². The molecule has 3 heterocycles. The van der Waals surface area contributed by atoms with E-state index in [1.54, 1.807) is 0 Å². The monoisotopic (exact) mass is 439 g/mol. The topological polar surface area (TPSA) is 124 Å². The van der Waals surface area contributed by atoms with Gasteiger partial charge in [-0.2, -0.15) is 5.10 Å². The van der Waals surface area contributed by atoms with E-state index in [9.17, 15) is 22.4 Å². The largest absolute Gasteiger partial charge is 0.288 e. The third kappa shape index (κ3) is 4.03. The Balaban J connectivity index is 1.64. The summed E-state index contributed by atoms with van der Waals surface area (Å²) in [6.07, 6.45) is 6.35. The maximum absolute atomic E-state index is 13.2. The number of hydrogen-bond donors (Lipinski definition) is 1. The van der Waals surface area contributed by atoms with Crippen molar-refractivity contribution in [2.24, 2.45) is 0 Å². The molecule has 1 N–H and O–H groups in total. The Morgan fingerprint density at radius 1 is 1.03 bits per heavy atom. The number of amides is 2. The summed E-state index contributed by atoms with van der Waals surface area (Å²) in [5.41, 5.74) is 1.11. The van der Waals surface area contributed by atoms with Crippen molar-refractivity contribution in [3.05, 3.63) is 78.1 Å². The van der Waals surface area contributed by atoms with Gasteiger partial charge < -0.3 is 0 Å². The highest BCUT2D eigenvalue weighted by atomic mass is 32.2. The van der Waals surface area contributed by atoms with Crippen LogP contribution in [0.15, 0.2) is 66.2 Å². The van der Waals surface area contributed by atoms with Crippen molar-refractivity contribution in [1.82, 2.24) is 25.1 Å². The number of aromatic nitrogens is 4. The second-order valence-corrected chi connectivity index (χ2v) is 8.55. The summed E-state index contributed by atoms with van der Waals surface area (Å²) in [5, 5.41) is 6.59. The lowest BCUT2D eigenvalue weighted by Crippen LogP contribution is -2.30. The number of rotatable bonds is 4. The van der Waals surface area contributed by atoms with Gasteiger partial charge in [0.25, 0.3) is 11.8 Å². The summed E-state index contributed by atoms with van der Waals surface area (Å²) in [7, 11) is -3.62. The first kappa shape index (κ1) is 20.3. The molecular formula is C20H14FN5O4S. The zero-order valence-corrected chi connectivity index (χ0v) is 16.8. The molecule has 1 aromatic carbocycles. The van der Waals surface area contributed by atoms with E-state index in [0.717, 1.165) is 12.3 Å². The van der Waals surface area contributed by atoms with Crippen molar-refractivity contribution in [2.45, 2.75) is 5.03 Å². The van der Waals surface area contributed by atoms with Gasteiger partial charge in [0.15, 0.2) is 14.9 Å². The minimum atomic E-state index is -3.62. The second kappa shape index (κ2) is 7.69. The maximum Gasteiger partial charge on any atom is 0.260 e. The first-order valence-electron chi connectivity index (χ1n) is 8.83. The van der Waals surface area contributed by atoms with Gasteiger partial charge in [0.05, 0.1) is 29.2 Å². The van der Waals surface area contributed by atoms with E-state index < -0.39 is 27.5 Å². The lowest BCUT2D eigenvalue weighted by atomic mass is 10.1. The van der Waals surface area contributed by atoms with Gasteiger partial charge in [-0.05, 0) is 36.4 Å². The van der Waals surface area contributed by atoms with Gasteiger partial charge in [0.1, 0.15) is 5.82 Å². The number of carbonyl (C=O) groups is 2. The molecule has 0 fully saturated rings. The number of hydrogen-bond acceptors (Lipinski definition) is 7. The van der Waals surface area contributed by atoms with Crippen molar-refractivity contribution in [1.29, 1.82) is 0 Å². The van der Waals surface area contributed by atoms with Crippen molar-refractivity contribution in [3.8, 4) is 5.69 Å². The van der Waals surface area contributed by atoms with Crippen LogP contribution in [0.4, 0.5) is 4.39 Å². The molecule has 0 saturated carbocycles. The molecule has 9 nitrogen and oxygen atoms in total. The number of carbonyl (C=O) groups excluding carboxylic acids is 2. The van der Waals surface area contributed by atoms with Gasteiger partial charge in [-0.1, -0.05) is 0 Å². The maximum atomic E-state index is 13.2. The molecule has 4 rings (SSSR count). The Morgan fingerprint density at radius 2 is 1.77 bits per heavy atom. The third-order valence-corrected chi connectivity index (χ3v) is 5.40. The van der Waals surface area contributed by atoms with Crippen LogP contribution < -0.4 is 5.32 Å². The predicted octanol–water partition coefficient (Wildman–Crippen LogP) is 1.93. The summed E-state index contributed by atoms with van der Waals surface area (Å²) < 4.78 is 38.0. The molecule has 0 saturated heterocycles. The molecular weight excluding hydrogens is 425 g/mol. The number of pyridine rings is 2. The van der Waals surface area contributed by atoms with Crippen molar-refractivity contribution >= 4 is 32.6 Å². The van der Waals surface area contributed by atoms with Gasteiger partial charge in [-0.25, -0.2) is 22.5 Å². The van der Waals surface area contributed by atoms with Gasteiger partial charge in [-0.15, -0.1) is 0 Å². The Kier molecular flexibility index (Phi) is 5.03. The van der Waals surface area contributed by atoms with Crippen LogP contribution in [-0.4, -0.2) is 46.2 Å². The fraction of sp³-hybridized carbons (Fsp3) is 0.0500. The molecule has 0 spiro atoms. The summed E-state index contributed by atoms with van der Waals surface area (Å²) in [6, 6.07) is 8.00. The molecule has 0 aliphatic carbocycles.